The highest BCUT2D eigenvalue weighted by atomic mass is 32.2. The summed E-state index contributed by atoms with van der Waals surface area (Å²) in [6.07, 6.45) is 4.00. The van der Waals surface area contributed by atoms with Crippen molar-refractivity contribution in [2.75, 3.05) is 12.3 Å². The molecule has 1 amide bonds. The maximum atomic E-state index is 11.6. The lowest BCUT2D eigenvalue weighted by Gasteiger charge is -2.20. The Kier molecular flexibility index (Phi) is 5.25. The third-order valence-electron chi connectivity index (χ3n) is 2.14. The van der Waals surface area contributed by atoms with E-state index in [1.807, 2.05) is 0 Å². The van der Waals surface area contributed by atoms with Crippen LogP contribution in [0.15, 0.2) is 0 Å². The lowest BCUT2D eigenvalue weighted by atomic mass is 10.2. The van der Waals surface area contributed by atoms with Gasteiger partial charge < -0.3 is 11.1 Å². The summed E-state index contributed by atoms with van der Waals surface area (Å²) in [4.78, 5) is 12.0. The number of thiocarbonyl (C=S) groups is 1. The second-order valence-electron chi connectivity index (χ2n) is 3.36. The molecule has 1 rings (SSSR count). The molecular weight excluding hydrogens is 216 g/mol. The van der Waals surface area contributed by atoms with E-state index in [1.165, 1.54) is 12.8 Å². The van der Waals surface area contributed by atoms with Gasteiger partial charge in [0.25, 0.3) is 0 Å². The van der Waals surface area contributed by atoms with Crippen molar-refractivity contribution < 1.29 is 4.79 Å². The van der Waals surface area contributed by atoms with Crippen LogP contribution in [0.1, 0.15) is 25.7 Å². The van der Waals surface area contributed by atoms with Gasteiger partial charge in [-0.15, -0.1) is 11.8 Å². The summed E-state index contributed by atoms with van der Waals surface area (Å²) in [6.45, 7) is 0.575. The van der Waals surface area contributed by atoms with Crippen molar-refractivity contribution >= 4 is 34.9 Å². The number of nitrogens with one attached hydrogen (secondary N) is 1. The van der Waals surface area contributed by atoms with E-state index >= 15 is 0 Å². The lowest BCUT2D eigenvalue weighted by molar-refractivity contribution is -0.120. The number of thioether (sulfide) groups is 1. The Balaban J connectivity index is 2.16. The fraction of sp³-hybridized carbons (Fsp3) is 0.778. The molecule has 3 N–H and O–H groups in total. The average molecular weight is 232 g/mol. The number of rotatable bonds is 4. The first-order valence-electron chi connectivity index (χ1n) is 4.88. The fourth-order valence-electron chi connectivity index (χ4n) is 1.37. The van der Waals surface area contributed by atoms with Crippen molar-refractivity contribution in [3.05, 3.63) is 0 Å². The number of nitrogens with two attached hydrogens (primary N) is 1. The van der Waals surface area contributed by atoms with Crippen molar-refractivity contribution in [2.45, 2.75) is 30.9 Å². The Labute approximate surface area is 94.2 Å². The van der Waals surface area contributed by atoms with Gasteiger partial charge in [0.2, 0.25) is 5.91 Å². The van der Waals surface area contributed by atoms with Crippen LogP contribution < -0.4 is 11.1 Å². The van der Waals surface area contributed by atoms with Crippen molar-refractivity contribution in [1.29, 1.82) is 0 Å². The maximum Gasteiger partial charge on any atom is 0.233 e. The molecule has 0 aromatic heterocycles. The van der Waals surface area contributed by atoms with Crippen LogP contribution in [0.25, 0.3) is 0 Å². The maximum absolute atomic E-state index is 11.6. The van der Waals surface area contributed by atoms with Gasteiger partial charge in [0, 0.05) is 13.0 Å². The fourth-order valence-corrected chi connectivity index (χ4v) is 2.70. The third kappa shape index (κ3) is 4.28. The van der Waals surface area contributed by atoms with Gasteiger partial charge in [0.15, 0.2) is 0 Å². The second-order valence-corrected chi connectivity index (χ2v) is 5.20. The van der Waals surface area contributed by atoms with Gasteiger partial charge in [-0.1, -0.05) is 18.6 Å². The molecule has 14 heavy (non-hydrogen) atoms. The van der Waals surface area contributed by atoms with Crippen molar-refractivity contribution in [1.82, 2.24) is 5.32 Å². The molecule has 1 atom stereocenters. The minimum absolute atomic E-state index is 0.144. The van der Waals surface area contributed by atoms with Crippen molar-refractivity contribution in [2.24, 2.45) is 5.73 Å². The van der Waals surface area contributed by atoms with Crippen LogP contribution in [0.4, 0.5) is 0 Å². The number of hydrogen-bond acceptors (Lipinski definition) is 3. The molecule has 1 saturated heterocycles. The number of amides is 1. The zero-order chi connectivity index (χ0) is 10.4. The SMILES string of the molecule is NC(=S)CCNC(=O)C1CCCCS1. The summed E-state index contributed by atoms with van der Waals surface area (Å²) < 4.78 is 0. The number of carbonyl (C=O) groups excluding carboxylic acids is 1. The summed E-state index contributed by atoms with van der Waals surface area (Å²) >= 11 is 6.48. The van der Waals surface area contributed by atoms with Gasteiger partial charge >= 0.3 is 0 Å². The van der Waals surface area contributed by atoms with Gasteiger partial charge in [-0.25, -0.2) is 0 Å². The predicted octanol–water partition coefficient (Wildman–Crippen LogP) is 1.06. The molecular formula is C9H16N2OS2. The van der Waals surface area contributed by atoms with Gasteiger partial charge in [-0.3, -0.25) is 4.79 Å². The van der Waals surface area contributed by atoms with Gasteiger partial charge in [-0.05, 0) is 18.6 Å². The van der Waals surface area contributed by atoms with E-state index in [0.29, 0.717) is 18.0 Å². The molecule has 0 aromatic rings. The van der Waals surface area contributed by atoms with Crippen LogP contribution in [0.2, 0.25) is 0 Å². The molecule has 0 bridgehead atoms. The number of carbonyl (C=O) groups is 1. The first kappa shape index (κ1) is 11.8. The van der Waals surface area contributed by atoms with E-state index in [2.05, 4.69) is 5.32 Å². The van der Waals surface area contributed by atoms with Crippen LogP contribution in [0.5, 0.6) is 0 Å². The molecule has 80 valence electrons. The Morgan fingerprint density at radius 1 is 1.57 bits per heavy atom. The topological polar surface area (TPSA) is 55.1 Å². The van der Waals surface area contributed by atoms with E-state index in [1.54, 1.807) is 11.8 Å². The van der Waals surface area contributed by atoms with Crippen molar-refractivity contribution in [3.63, 3.8) is 0 Å². The Hall–Kier alpha value is -0.290. The van der Waals surface area contributed by atoms with Crippen LogP contribution in [-0.4, -0.2) is 28.4 Å². The van der Waals surface area contributed by atoms with Crippen LogP contribution >= 0.6 is 24.0 Å². The normalized spacial score (nSPS) is 21.6. The quantitative estimate of drug-likeness (QED) is 0.712. The molecule has 1 aliphatic rings. The molecule has 3 nitrogen and oxygen atoms in total. The molecule has 1 unspecified atom stereocenters. The molecule has 0 saturated carbocycles. The lowest BCUT2D eigenvalue weighted by Crippen LogP contribution is -2.35. The highest BCUT2D eigenvalue weighted by Crippen LogP contribution is 2.24. The van der Waals surface area contributed by atoms with Crippen LogP contribution in [-0.2, 0) is 4.79 Å². The Morgan fingerprint density at radius 2 is 2.36 bits per heavy atom. The minimum Gasteiger partial charge on any atom is -0.393 e. The van der Waals surface area contributed by atoms with Gasteiger partial charge in [-0.2, -0.15) is 0 Å². The van der Waals surface area contributed by atoms with E-state index in [-0.39, 0.29) is 11.2 Å². The van der Waals surface area contributed by atoms with Crippen LogP contribution in [0, 0.1) is 0 Å². The van der Waals surface area contributed by atoms with E-state index < -0.39 is 0 Å². The standard InChI is InChI=1S/C9H16N2OS2/c10-8(13)4-5-11-9(12)7-3-1-2-6-14-7/h7H,1-6H2,(H2,10,13)(H,11,12). The molecule has 0 aliphatic carbocycles. The Morgan fingerprint density at radius 3 is 2.93 bits per heavy atom. The zero-order valence-corrected chi connectivity index (χ0v) is 9.76. The minimum atomic E-state index is 0.144. The number of hydrogen-bond donors (Lipinski definition) is 2. The Bertz CT molecular complexity index is 215. The van der Waals surface area contributed by atoms with Crippen LogP contribution in [0.3, 0.4) is 0 Å². The molecule has 1 fully saturated rings. The predicted molar refractivity (Wildman–Crippen MR) is 64.5 cm³/mol. The summed E-state index contributed by atoms with van der Waals surface area (Å²) in [5, 5.41) is 3.00. The zero-order valence-electron chi connectivity index (χ0n) is 8.12. The highest BCUT2D eigenvalue weighted by Gasteiger charge is 2.20. The summed E-state index contributed by atoms with van der Waals surface area (Å²) in [6, 6.07) is 0. The summed E-state index contributed by atoms with van der Waals surface area (Å²) in [5.41, 5.74) is 5.33. The van der Waals surface area contributed by atoms with E-state index in [4.69, 9.17) is 18.0 Å². The first-order chi connectivity index (χ1) is 6.70. The highest BCUT2D eigenvalue weighted by molar-refractivity contribution is 8.00. The molecule has 1 heterocycles. The van der Waals surface area contributed by atoms with Crippen molar-refractivity contribution in [3.8, 4) is 0 Å². The monoisotopic (exact) mass is 232 g/mol. The van der Waals surface area contributed by atoms with Gasteiger partial charge in [0.1, 0.15) is 0 Å². The summed E-state index contributed by atoms with van der Waals surface area (Å²) in [7, 11) is 0. The molecule has 1 aliphatic heterocycles. The third-order valence-corrected chi connectivity index (χ3v) is 3.72. The van der Waals surface area contributed by atoms with E-state index in [9.17, 15) is 4.79 Å². The summed E-state index contributed by atoms with van der Waals surface area (Å²) in [5.74, 6) is 1.25. The molecule has 5 heteroatoms. The average Bonchev–Trinajstić information content (AvgIpc) is 2.18. The van der Waals surface area contributed by atoms with Gasteiger partial charge in [0.05, 0.1) is 10.2 Å². The second kappa shape index (κ2) is 6.24. The van der Waals surface area contributed by atoms with E-state index in [0.717, 1.165) is 12.2 Å². The first-order valence-corrected chi connectivity index (χ1v) is 6.33. The largest absolute Gasteiger partial charge is 0.393 e. The molecule has 0 spiro atoms. The molecule has 0 radical (unpaired) electrons. The smallest absolute Gasteiger partial charge is 0.233 e. The molecule has 0 aromatic carbocycles.